The van der Waals surface area contributed by atoms with Gasteiger partial charge in [-0.15, -0.1) is 0 Å². The number of anilines is 1. The van der Waals surface area contributed by atoms with Crippen molar-refractivity contribution < 1.29 is 14.0 Å². The van der Waals surface area contributed by atoms with Gasteiger partial charge in [0.2, 0.25) is 5.91 Å². The SMILES string of the molecule is Cc1c(SN2CCC(N)=C(C=N)C2)cc(C(=O)NCc2c(F)ccc3c2N(C)C(=O)C3)n1C. The zero-order valence-corrected chi connectivity index (χ0v) is 19.7. The molecule has 0 aliphatic carbocycles. The molecule has 1 aromatic heterocycles. The molecule has 2 aliphatic heterocycles. The van der Waals surface area contributed by atoms with Crippen molar-refractivity contribution in [2.45, 2.75) is 31.2 Å². The summed E-state index contributed by atoms with van der Waals surface area (Å²) in [5.74, 6) is -0.864. The van der Waals surface area contributed by atoms with Crippen LogP contribution in [0.15, 0.2) is 34.4 Å². The molecule has 2 aromatic rings. The molecule has 0 bridgehead atoms. The molecule has 10 heteroatoms. The third-order valence-electron chi connectivity index (χ3n) is 6.30. The fourth-order valence-electron chi connectivity index (χ4n) is 4.17. The summed E-state index contributed by atoms with van der Waals surface area (Å²) >= 11 is 1.53. The molecule has 0 saturated heterocycles. The summed E-state index contributed by atoms with van der Waals surface area (Å²) in [4.78, 5) is 27.4. The van der Waals surface area contributed by atoms with Crippen LogP contribution in [0.2, 0.25) is 0 Å². The second-order valence-electron chi connectivity index (χ2n) is 8.28. The van der Waals surface area contributed by atoms with Crippen LogP contribution >= 0.6 is 11.9 Å². The number of benzene rings is 1. The van der Waals surface area contributed by atoms with Crippen molar-refractivity contribution in [1.82, 2.24) is 14.2 Å². The molecule has 3 heterocycles. The van der Waals surface area contributed by atoms with E-state index in [0.717, 1.165) is 34.0 Å². The Morgan fingerprint density at radius 1 is 1.36 bits per heavy atom. The first kappa shape index (κ1) is 23.1. The van der Waals surface area contributed by atoms with E-state index in [9.17, 15) is 14.0 Å². The largest absolute Gasteiger partial charge is 0.402 e. The van der Waals surface area contributed by atoms with Crippen LogP contribution in [0.25, 0.3) is 0 Å². The molecule has 2 amide bonds. The van der Waals surface area contributed by atoms with Gasteiger partial charge in [0.05, 0.1) is 12.1 Å². The topological polar surface area (TPSA) is 107 Å². The van der Waals surface area contributed by atoms with Crippen LogP contribution in [-0.2, 0) is 24.8 Å². The summed E-state index contributed by atoms with van der Waals surface area (Å²) in [7, 11) is 3.44. The first-order chi connectivity index (χ1) is 15.7. The van der Waals surface area contributed by atoms with Gasteiger partial charge in [-0.05, 0) is 36.6 Å². The summed E-state index contributed by atoms with van der Waals surface area (Å²) < 4.78 is 18.5. The number of aromatic nitrogens is 1. The van der Waals surface area contributed by atoms with Gasteiger partial charge in [-0.3, -0.25) is 9.59 Å². The van der Waals surface area contributed by atoms with E-state index < -0.39 is 5.82 Å². The molecule has 174 valence electrons. The highest BCUT2D eigenvalue weighted by Crippen LogP contribution is 2.34. The Labute approximate surface area is 196 Å². The number of rotatable bonds is 6. The predicted molar refractivity (Wildman–Crippen MR) is 127 cm³/mol. The molecular weight excluding hydrogens is 443 g/mol. The zero-order valence-electron chi connectivity index (χ0n) is 18.9. The number of fused-ring (bicyclic) bond motifs is 1. The minimum atomic E-state index is -0.450. The van der Waals surface area contributed by atoms with Crippen molar-refractivity contribution >= 4 is 35.7 Å². The number of carbonyl (C=O) groups excluding carboxylic acids is 2. The molecule has 2 aliphatic rings. The molecule has 8 nitrogen and oxygen atoms in total. The number of hydrogen-bond donors (Lipinski definition) is 3. The molecule has 4 rings (SSSR count). The van der Waals surface area contributed by atoms with Crippen molar-refractivity contribution in [3.63, 3.8) is 0 Å². The monoisotopic (exact) mass is 470 g/mol. The number of nitrogens with zero attached hydrogens (tertiary/aromatic N) is 3. The van der Waals surface area contributed by atoms with Gasteiger partial charge < -0.3 is 25.9 Å². The highest BCUT2D eigenvalue weighted by Gasteiger charge is 2.29. The van der Waals surface area contributed by atoms with Crippen molar-refractivity contribution in [2.75, 3.05) is 25.0 Å². The van der Waals surface area contributed by atoms with Crippen LogP contribution in [0.5, 0.6) is 0 Å². The molecule has 0 unspecified atom stereocenters. The molecule has 1 aromatic carbocycles. The fourth-order valence-corrected chi connectivity index (χ4v) is 5.27. The van der Waals surface area contributed by atoms with Gasteiger partial charge in [0.15, 0.2) is 0 Å². The summed E-state index contributed by atoms with van der Waals surface area (Å²) in [5.41, 5.74) is 10.5. The Morgan fingerprint density at radius 2 is 2.12 bits per heavy atom. The summed E-state index contributed by atoms with van der Waals surface area (Å²) in [6.45, 7) is 3.25. The Bertz CT molecular complexity index is 1190. The van der Waals surface area contributed by atoms with Gasteiger partial charge in [-0.1, -0.05) is 6.07 Å². The first-order valence-electron chi connectivity index (χ1n) is 10.6. The molecule has 0 fully saturated rings. The van der Waals surface area contributed by atoms with E-state index in [1.165, 1.54) is 29.1 Å². The van der Waals surface area contributed by atoms with Crippen LogP contribution in [0.3, 0.4) is 0 Å². The van der Waals surface area contributed by atoms with Gasteiger partial charge in [0.1, 0.15) is 11.5 Å². The predicted octanol–water partition coefficient (Wildman–Crippen LogP) is 2.50. The van der Waals surface area contributed by atoms with Crippen molar-refractivity contribution in [3.8, 4) is 0 Å². The van der Waals surface area contributed by atoms with E-state index >= 15 is 0 Å². The second kappa shape index (κ2) is 9.03. The second-order valence-corrected chi connectivity index (χ2v) is 9.42. The zero-order chi connectivity index (χ0) is 23.9. The molecule has 33 heavy (non-hydrogen) atoms. The van der Waals surface area contributed by atoms with E-state index in [0.29, 0.717) is 29.9 Å². The van der Waals surface area contributed by atoms with Crippen LogP contribution < -0.4 is 16.0 Å². The number of carbonyl (C=O) groups is 2. The number of amides is 2. The molecule has 4 N–H and O–H groups in total. The number of likely N-dealkylation sites (N-methyl/N-ethyl adjacent to an activating group) is 1. The Hall–Kier alpha value is -3.11. The van der Waals surface area contributed by atoms with Gasteiger partial charge in [0.25, 0.3) is 5.91 Å². The summed E-state index contributed by atoms with van der Waals surface area (Å²) in [5, 5.41) is 10.3. The number of hydrogen-bond acceptors (Lipinski definition) is 6. The minimum absolute atomic E-state index is 0.0168. The maximum atomic E-state index is 14.6. The van der Waals surface area contributed by atoms with Gasteiger partial charge in [-0.2, -0.15) is 0 Å². The van der Waals surface area contributed by atoms with Crippen LogP contribution in [-0.4, -0.2) is 47.0 Å². The quantitative estimate of drug-likeness (QED) is 0.444. The Balaban J connectivity index is 1.49. The maximum Gasteiger partial charge on any atom is 0.268 e. The maximum absolute atomic E-state index is 14.6. The highest BCUT2D eigenvalue weighted by molar-refractivity contribution is 7.97. The highest BCUT2D eigenvalue weighted by atomic mass is 32.2. The number of halogens is 1. The first-order valence-corrected chi connectivity index (χ1v) is 11.4. The normalized spacial score (nSPS) is 16.4. The number of nitrogens with one attached hydrogen (secondary N) is 2. The average Bonchev–Trinajstić information content (AvgIpc) is 3.24. The van der Waals surface area contributed by atoms with E-state index in [1.54, 1.807) is 13.1 Å². The molecular formula is C23H27FN6O2S. The average molecular weight is 471 g/mol. The smallest absolute Gasteiger partial charge is 0.268 e. The Kier molecular flexibility index (Phi) is 6.31. The van der Waals surface area contributed by atoms with E-state index in [2.05, 4.69) is 9.62 Å². The van der Waals surface area contributed by atoms with E-state index in [-0.39, 0.29) is 24.8 Å². The van der Waals surface area contributed by atoms with Crippen LogP contribution in [0.1, 0.15) is 33.7 Å². The lowest BCUT2D eigenvalue weighted by Gasteiger charge is -2.26. The third kappa shape index (κ3) is 4.28. The van der Waals surface area contributed by atoms with Crippen LogP contribution in [0.4, 0.5) is 10.1 Å². The minimum Gasteiger partial charge on any atom is -0.402 e. The molecule has 0 radical (unpaired) electrons. The van der Waals surface area contributed by atoms with Gasteiger partial charge >= 0.3 is 0 Å². The molecule has 0 spiro atoms. The lowest BCUT2D eigenvalue weighted by molar-refractivity contribution is -0.117. The van der Waals surface area contributed by atoms with Gasteiger partial charge in [0, 0.05) is 73.8 Å². The lowest BCUT2D eigenvalue weighted by atomic mass is 10.1. The molecule has 0 atom stereocenters. The number of nitrogens with two attached hydrogens (primary N) is 1. The van der Waals surface area contributed by atoms with E-state index in [1.807, 2.05) is 24.6 Å². The third-order valence-corrected chi connectivity index (χ3v) is 7.48. The summed E-state index contributed by atoms with van der Waals surface area (Å²) in [6, 6.07) is 4.79. The van der Waals surface area contributed by atoms with Crippen LogP contribution in [0, 0.1) is 18.2 Å². The summed E-state index contributed by atoms with van der Waals surface area (Å²) in [6.07, 6.45) is 2.23. The Morgan fingerprint density at radius 3 is 2.85 bits per heavy atom. The van der Waals surface area contributed by atoms with E-state index in [4.69, 9.17) is 11.1 Å². The fraction of sp³-hybridized carbons (Fsp3) is 0.348. The van der Waals surface area contributed by atoms with Crippen molar-refractivity contribution in [2.24, 2.45) is 12.8 Å². The molecule has 0 saturated carbocycles. The lowest BCUT2D eigenvalue weighted by Crippen LogP contribution is -2.29. The standard InChI is InChI=1S/C23H27FN6O2S/c1-13-20(33-30-7-6-18(26)15(10-25)12-30)9-19(28(13)2)23(32)27-11-16-17(24)5-4-14-8-21(31)29(3)22(14)16/h4-5,9-10,25H,6-8,11-12,26H2,1-3H3,(H,27,32). The van der Waals surface area contributed by atoms with Crippen molar-refractivity contribution in [3.05, 3.63) is 57.8 Å². The van der Waals surface area contributed by atoms with Gasteiger partial charge in [-0.25, -0.2) is 8.70 Å². The van der Waals surface area contributed by atoms with Crippen molar-refractivity contribution in [1.29, 1.82) is 5.41 Å².